The van der Waals surface area contributed by atoms with Gasteiger partial charge >= 0.3 is 0 Å². The molecule has 27 heavy (non-hydrogen) atoms. The Morgan fingerprint density at radius 3 is 2.56 bits per heavy atom. The Kier molecular flexibility index (Phi) is 5.11. The zero-order valence-electron chi connectivity index (χ0n) is 15.2. The van der Waals surface area contributed by atoms with Crippen LogP contribution in [0.25, 0.3) is 0 Å². The van der Waals surface area contributed by atoms with E-state index in [9.17, 15) is 14.9 Å². The van der Waals surface area contributed by atoms with Crippen LogP contribution in [0.2, 0.25) is 0 Å². The number of piperazine rings is 1. The lowest BCUT2D eigenvalue weighted by Crippen LogP contribution is -2.48. The van der Waals surface area contributed by atoms with E-state index >= 15 is 0 Å². The van der Waals surface area contributed by atoms with Crippen molar-refractivity contribution in [3.8, 4) is 0 Å². The monoisotopic (exact) mass is 385 g/mol. The molecule has 1 saturated heterocycles. The summed E-state index contributed by atoms with van der Waals surface area (Å²) < 4.78 is 0. The summed E-state index contributed by atoms with van der Waals surface area (Å²) in [7, 11) is 0. The highest BCUT2D eigenvalue weighted by Gasteiger charge is 2.27. The first kappa shape index (κ1) is 18.0. The van der Waals surface area contributed by atoms with E-state index in [0.717, 1.165) is 17.7 Å². The first-order valence-electron chi connectivity index (χ1n) is 9.53. The summed E-state index contributed by atoms with van der Waals surface area (Å²) >= 11 is 1.66. The van der Waals surface area contributed by atoms with Gasteiger partial charge in [0.05, 0.1) is 9.80 Å². The summed E-state index contributed by atoms with van der Waals surface area (Å²) in [5.41, 5.74) is 2.12. The first-order valence-corrected chi connectivity index (χ1v) is 10.3. The van der Waals surface area contributed by atoms with Crippen LogP contribution >= 0.6 is 11.3 Å². The molecule has 0 atom stereocenters. The van der Waals surface area contributed by atoms with Gasteiger partial charge < -0.3 is 9.80 Å². The normalized spacial score (nSPS) is 17.3. The van der Waals surface area contributed by atoms with Gasteiger partial charge in [-0.15, -0.1) is 11.3 Å². The maximum absolute atomic E-state index is 12.9. The summed E-state index contributed by atoms with van der Waals surface area (Å²) in [6, 6.07) is 8.92. The molecule has 0 radical (unpaired) electrons. The average Bonchev–Trinajstić information content (AvgIpc) is 2.98. The molecule has 1 aliphatic heterocycles. The lowest BCUT2D eigenvalue weighted by molar-refractivity contribution is -0.384. The molecule has 6 nitrogen and oxygen atoms in total. The number of nitrogens with zero attached hydrogens (tertiary/aromatic N) is 3. The summed E-state index contributed by atoms with van der Waals surface area (Å²) in [5, 5.41) is 11.3. The Morgan fingerprint density at radius 2 is 1.78 bits per heavy atom. The molecule has 4 rings (SSSR count). The number of anilines is 1. The zero-order valence-corrected chi connectivity index (χ0v) is 16.0. The molecule has 0 saturated carbocycles. The van der Waals surface area contributed by atoms with Gasteiger partial charge in [0, 0.05) is 37.1 Å². The number of aryl methyl sites for hydroxylation is 2. The Morgan fingerprint density at radius 1 is 1.04 bits per heavy atom. The molecular weight excluding hydrogens is 362 g/mol. The van der Waals surface area contributed by atoms with Gasteiger partial charge in [-0.1, -0.05) is 18.6 Å². The quantitative estimate of drug-likeness (QED) is 0.457. The first-order chi connectivity index (χ1) is 13.1. The molecule has 0 N–H and O–H groups in total. The van der Waals surface area contributed by atoms with Crippen LogP contribution in [0.4, 0.5) is 11.4 Å². The van der Waals surface area contributed by atoms with E-state index in [4.69, 9.17) is 0 Å². The molecule has 0 bridgehead atoms. The molecular formula is C20H23N3O3S. The highest BCUT2D eigenvalue weighted by atomic mass is 32.1. The van der Waals surface area contributed by atoms with Crippen molar-refractivity contribution in [2.75, 3.05) is 31.1 Å². The lowest BCUT2D eigenvalue weighted by Gasteiger charge is -2.35. The molecule has 1 aromatic carbocycles. The molecule has 1 aliphatic carbocycles. The number of fused-ring (bicyclic) bond motifs is 1. The topological polar surface area (TPSA) is 66.7 Å². The van der Waals surface area contributed by atoms with Crippen LogP contribution in [0.1, 0.15) is 39.4 Å². The number of amides is 1. The fraction of sp³-hybridized carbons (Fsp3) is 0.450. The maximum Gasteiger partial charge on any atom is 0.292 e. The third-order valence-electron chi connectivity index (χ3n) is 5.44. The summed E-state index contributed by atoms with van der Waals surface area (Å²) in [5.74, 6) is 0.107. The van der Waals surface area contributed by atoms with Gasteiger partial charge in [-0.25, -0.2) is 0 Å². The van der Waals surface area contributed by atoms with Crippen LogP contribution in [0.15, 0.2) is 30.3 Å². The van der Waals surface area contributed by atoms with Crippen molar-refractivity contribution in [1.82, 2.24) is 4.90 Å². The van der Waals surface area contributed by atoms with Crippen LogP contribution in [0.5, 0.6) is 0 Å². The highest BCUT2D eigenvalue weighted by molar-refractivity contribution is 7.14. The minimum absolute atomic E-state index is 0.107. The molecule has 1 amide bonds. The lowest BCUT2D eigenvalue weighted by atomic mass is 10.1. The van der Waals surface area contributed by atoms with E-state index in [2.05, 4.69) is 6.07 Å². The second-order valence-electron chi connectivity index (χ2n) is 7.14. The summed E-state index contributed by atoms with van der Waals surface area (Å²) in [6.45, 7) is 2.41. The Bertz CT molecular complexity index is 832. The number of para-hydroxylation sites is 2. The molecule has 2 heterocycles. The number of carbonyl (C=O) groups is 1. The molecule has 2 aliphatic rings. The number of hydrogen-bond donors (Lipinski definition) is 0. The van der Waals surface area contributed by atoms with Crippen molar-refractivity contribution in [2.45, 2.75) is 32.1 Å². The molecule has 0 unspecified atom stereocenters. The van der Waals surface area contributed by atoms with Gasteiger partial charge in [0.25, 0.3) is 11.6 Å². The van der Waals surface area contributed by atoms with E-state index < -0.39 is 0 Å². The van der Waals surface area contributed by atoms with Crippen molar-refractivity contribution in [3.05, 3.63) is 55.8 Å². The third-order valence-corrected chi connectivity index (χ3v) is 6.67. The second-order valence-corrected chi connectivity index (χ2v) is 8.28. The third kappa shape index (κ3) is 3.69. The highest BCUT2D eigenvalue weighted by Crippen LogP contribution is 2.31. The van der Waals surface area contributed by atoms with E-state index in [1.807, 2.05) is 15.9 Å². The van der Waals surface area contributed by atoms with Crippen LogP contribution in [0.3, 0.4) is 0 Å². The van der Waals surface area contributed by atoms with Crippen LogP contribution < -0.4 is 4.90 Å². The molecule has 7 heteroatoms. The zero-order chi connectivity index (χ0) is 18.8. The van der Waals surface area contributed by atoms with Crippen LogP contribution in [-0.4, -0.2) is 41.9 Å². The molecule has 142 valence electrons. The number of nitro groups is 1. The number of nitro benzene ring substituents is 1. The molecule has 1 aromatic heterocycles. The summed E-state index contributed by atoms with van der Waals surface area (Å²) in [6.07, 6.45) is 5.89. The Hall–Kier alpha value is -2.41. The largest absolute Gasteiger partial charge is 0.362 e. The van der Waals surface area contributed by atoms with Crippen molar-refractivity contribution in [3.63, 3.8) is 0 Å². The molecule has 0 spiro atoms. The number of thiophene rings is 1. The number of rotatable bonds is 3. The van der Waals surface area contributed by atoms with E-state index in [1.165, 1.54) is 35.8 Å². The number of carbonyl (C=O) groups excluding carboxylic acids is 1. The van der Waals surface area contributed by atoms with Crippen molar-refractivity contribution < 1.29 is 9.72 Å². The minimum Gasteiger partial charge on any atom is -0.362 e. The Labute approximate surface area is 162 Å². The van der Waals surface area contributed by atoms with Crippen LogP contribution in [-0.2, 0) is 12.8 Å². The average molecular weight is 385 g/mol. The van der Waals surface area contributed by atoms with Crippen molar-refractivity contribution in [1.29, 1.82) is 0 Å². The van der Waals surface area contributed by atoms with E-state index in [-0.39, 0.29) is 16.5 Å². The van der Waals surface area contributed by atoms with Gasteiger partial charge in [0.15, 0.2) is 0 Å². The molecule has 2 aromatic rings. The Balaban J connectivity index is 1.44. The smallest absolute Gasteiger partial charge is 0.292 e. The van der Waals surface area contributed by atoms with Crippen LogP contribution in [0, 0.1) is 10.1 Å². The second kappa shape index (κ2) is 7.68. The SMILES string of the molecule is O=C(c1cc2c(s1)CCCCC2)N1CCN(c2ccccc2[N+](=O)[O-])CC1. The standard InChI is InChI=1S/C20H23N3O3S/c24-20(19-14-15-6-2-1-3-9-18(15)27-19)22-12-10-21(11-13-22)16-7-4-5-8-17(16)23(25)26/h4-5,7-8,14H,1-3,6,9-13H2. The predicted octanol–water partition coefficient (Wildman–Crippen LogP) is 3.89. The molecule has 1 fully saturated rings. The number of benzene rings is 1. The predicted molar refractivity (Wildman–Crippen MR) is 107 cm³/mol. The van der Waals surface area contributed by atoms with Gasteiger partial charge in [-0.2, -0.15) is 0 Å². The fourth-order valence-electron chi connectivity index (χ4n) is 3.97. The van der Waals surface area contributed by atoms with E-state index in [0.29, 0.717) is 31.9 Å². The fourth-order valence-corrected chi connectivity index (χ4v) is 5.19. The summed E-state index contributed by atoms with van der Waals surface area (Å²) in [4.78, 5) is 30.0. The minimum atomic E-state index is -0.342. The van der Waals surface area contributed by atoms with Gasteiger partial charge in [0.2, 0.25) is 0 Å². The van der Waals surface area contributed by atoms with Gasteiger partial charge in [-0.05, 0) is 43.4 Å². The van der Waals surface area contributed by atoms with E-state index in [1.54, 1.807) is 23.5 Å². The maximum atomic E-state index is 12.9. The van der Waals surface area contributed by atoms with Crippen molar-refractivity contribution >= 4 is 28.6 Å². The van der Waals surface area contributed by atoms with Gasteiger partial charge in [0.1, 0.15) is 5.69 Å². The number of hydrogen-bond acceptors (Lipinski definition) is 5. The van der Waals surface area contributed by atoms with Crippen molar-refractivity contribution in [2.24, 2.45) is 0 Å². The van der Waals surface area contributed by atoms with Gasteiger partial charge in [-0.3, -0.25) is 14.9 Å².